The van der Waals surface area contributed by atoms with E-state index < -0.39 is 47.5 Å². The molecule has 7 nitrogen and oxygen atoms in total. The van der Waals surface area contributed by atoms with Crippen LogP contribution in [0.3, 0.4) is 0 Å². The Labute approximate surface area is 157 Å². The summed E-state index contributed by atoms with van der Waals surface area (Å²) in [6.07, 6.45) is -7.15. The van der Waals surface area contributed by atoms with Crippen molar-refractivity contribution in [3.63, 3.8) is 0 Å². The smallest absolute Gasteiger partial charge is 0.366 e. The predicted molar refractivity (Wildman–Crippen MR) is 88.9 cm³/mol. The van der Waals surface area contributed by atoms with E-state index in [1.165, 1.54) is 4.90 Å². The van der Waals surface area contributed by atoms with Gasteiger partial charge in [0.25, 0.3) is 5.91 Å². The van der Waals surface area contributed by atoms with Crippen molar-refractivity contribution in [3.05, 3.63) is 29.3 Å². The number of hydrogen-bond donors (Lipinski definition) is 3. The van der Waals surface area contributed by atoms with E-state index in [2.05, 4.69) is 10.6 Å². The summed E-state index contributed by atoms with van der Waals surface area (Å²) >= 11 is 0. The number of ether oxygens (including phenoxy) is 1. The van der Waals surface area contributed by atoms with Crippen molar-refractivity contribution >= 4 is 17.6 Å². The van der Waals surface area contributed by atoms with Crippen molar-refractivity contribution in [2.24, 2.45) is 5.73 Å². The molecule has 0 spiro atoms. The van der Waals surface area contributed by atoms with Crippen LogP contribution in [0, 0.1) is 11.6 Å². The molecule has 1 aromatic rings. The fourth-order valence-corrected chi connectivity index (χ4v) is 2.51. The number of carbonyl (C=O) groups excluding carboxylic acids is 2. The van der Waals surface area contributed by atoms with Crippen LogP contribution in [-0.2, 0) is 4.74 Å². The molecule has 1 unspecified atom stereocenters. The van der Waals surface area contributed by atoms with E-state index in [1.54, 1.807) is 0 Å². The van der Waals surface area contributed by atoms with Gasteiger partial charge >= 0.3 is 12.2 Å². The first-order valence-electron chi connectivity index (χ1n) is 8.26. The van der Waals surface area contributed by atoms with Crippen molar-refractivity contribution in [3.8, 4) is 0 Å². The van der Waals surface area contributed by atoms with Gasteiger partial charge in [-0.25, -0.2) is 13.6 Å². The zero-order chi connectivity index (χ0) is 21.1. The van der Waals surface area contributed by atoms with Crippen molar-refractivity contribution in [1.82, 2.24) is 10.6 Å². The summed E-state index contributed by atoms with van der Waals surface area (Å²) in [4.78, 5) is 23.8. The zero-order valence-corrected chi connectivity index (χ0v) is 14.8. The monoisotopic (exact) mass is 410 g/mol. The van der Waals surface area contributed by atoms with Crippen molar-refractivity contribution < 1.29 is 36.3 Å². The molecular weight excluding hydrogens is 391 g/mol. The first kappa shape index (κ1) is 21.7. The van der Waals surface area contributed by atoms with Crippen LogP contribution in [0.15, 0.2) is 12.1 Å². The van der Waals surface area contributed by atoms with Crippen LogP contribution < -0.4 is 21.3 Å². The Balaban J connectivity index is 1.93. The molecule has 12 heteroatoms. The second kappa shape index (κ2) is 8.59. The number of benzene rings is 1. The largest absolute Gasteiger partial charge is 0.414 e. The highest BCUT2D eigenvalue weighted by molar-refractivity contribution is 5.95. The van der Waals surface area contributed by atoms with Gasteiger partial charge in [0.2, 0.25) is 0 Å². The molecule has 0 aromatic heterocycles. The van der Waals surface area contributed by atoms with Crippen LogP contribution in [0.1, 0.15) is 17.3 Å². The van der Waals surface area contributed by atoms with Crippen LogP contribution in [0.2, 0.25) is 0 Å². The number of halogens is 5. The van der Waals surface area contributed by atoms with Gasteiger partial charge in [0.05, 0.1) is 6.10 Å². The Morgan fingerprint density at radius 2 is 1.75 bits per heavy atom. The maximum atomic E-state index is 14.2. The van der Waals surface area contributed by atoms with E-state index in [4.69, 9.17) is 10.5 Å². The highest BCUT2D eigenvalue weighted by Gasteiger charge is 2.41. The molecule has 156 valence electrons. The lowest BCUT2D eigenvalue weighted by molar-refractivity contribution is -0.228. The minimum Gasteiger partial charge on any atom is -0.366 e. The van der Waals surface area contributed by atoms with Gasteiger partial charge in [0, 0.05) is 31.9 Å². The van der Waals surface area contributed by atoms with E-state index >= 15 is 0 Å². The Morgan fingerprint density at radius 1 is 1.21 bits per heavy atom. The number of carbonyl (C=O) groups is 2. The third-order valence-corrected chi connectivity index (χ3v) is 4.03. The van der Waals surface area contributed by atoms with E-state index in [0.717, 1.165) is 19.1 Å². The molecule has 2 rings (SSSR count). The van der Waals surface area contributed by atoms with Crippen molar-refractivity contribution in [2.45, 2.75) is 25.3 Å². The number of urea groups is 1. The van der Waals surface area contributed by atoms with Gasteiger partial charge in [-0.15, -0.1) is 0 Å². The fourth-order valence-electron chi connectivity index (χ4n) is 2.51. The first-order valence-corrected chi connectivity index (χ1v) is 8.26. The topological polar surface area (TPSA) is 96.7 Å². The Hall–Kier alpha value is -2.63. The van der Waals surface area contributed by atoms with Crippen LogP contribution in [0.25, 0.3) is 0 Å². The number of primary amides is 1. The molecular formula is C16H19F5N4O3. The average Bonchev–Trinajstić information content (AvgIpc) is 2.52. The van der Waals surface area contributed by atoms with Gasteiger partial charge in [0.1, 0.15) is 17.2 Å². The number of nitrogens with one attached hydrogen (secondary N) is 2. The summed E-state index contributed by atoms with van der Waals surface area (Å²) in [7, 11) is 0. The Kier molecular flexibility index (Phi) is 6.65. The summed E-state index contributed by atoms with van der Waals surface area (Å²) in [5.74, 6) is -3.26. The second-order valence-electron chi connectivity index (χ2n) is 6.18. The lowest BCUT2D eigenvalue weighted by atomic mass is 10.1. The van der Waals surface area contributed by atoms with E-state index in [-0.39, 0.29) is 31.9 Å². The minimum absolute atomic E-state index is 0.0199. The summed E-state index contributed by atoms with van der Waals surface area (Å²) in [5, 5.41) is 4.42. The number of hydrogen-bond acceptors (Lipinski definition) is 4. The van der Waals surface area contributed by atoms with Gasteiger partial charge in [-0.1, -0.05) is 0 Å². The predicted octanol–water partition coefficient (Wildman–Crippen LogP) is 1.52. The standard InChI is InChI=1S/C16H19F5N4O3/c1-8(16(19,20)21)28-10-6-25(7-10)9-4-11(17)13(12(18)5-9)14(26)23-2-3-24-15(22)27/h4-5,8,10H,2-3,6-7H2,1H3,(H,23,26)(H3,22,24,27). The first-order chi connectivity index (χ1) is 13.0. The third kappa shape index (κ3) is 5.44. The van der Waals surface area contributed by atoms with Crippen LogP contribution in [-0.4, -0.2) is 56.5 Å². The maximum absolute atomic E-state index is 14.2. The van der Waals surface area contributed by atoms with E-state index in [0.29, 0.717) is 0 Å². The van der Waals surface area contributed by atoms with Gasteiger partial charge in [-0.05, 0) is 19.1 Å². The number of nitrogens with zero attached hydrogens (tertiary/aromatic N) is 1. The maximum Gasteiger partial charge on any atom is 0.414 e. The average molecular weight is 410 g/mol. The van der Waals surface area contributed by atoms with Crippen LogP contribution >= 0.6 is 0 Å². The van der Waals surface area contributed by atoms with Gasteiger partial charge in [-0.3, -0.25) is 4.79 Å². The number of alkyl halides is 3. The van der Waals surface area contributed by atoms with Gasteiger partial charge in [-0.2, -0.15) is 13.2 Å². The molecule has 4 N–H and O–H groups in total. The lowest BCUT2D eigenvalue weighted by Gasteiger charge is -2.42. The molecule has 3 amide bonds. The molecule has 1 atom stereocenters. The Morgan fingerprint density at radius 3 is 2.25 bits per heavy atom. The van der Waals surface area contributed by atoms with Gasteiger partial charge < -0.3 is 26.0 Å². The molecule has 1 fully saturated rings. The number of anilines is 1. The Bertz CT molecular complexity index is 714. The molecule has 1 aliphatic rings. The highest BCUT2D eigenvalue weighted by atomic mass is 19.4. The normalized spacial score (nSPS) is 15.7. The zero-order valence-electron chi connectivity index (χ0n) is 14.8. The second-order valence-corrected chi connectivity index (χ2v) is 6.18. The van der Waals surface area contributed by atoms with Crippen LogP contribution in [0.4, 0.5) is 32.4 Å². The minimum atomic E-state index is -4.49. The van der Waals surface area contributed by atoms with Crippen LogP contribution in [0.5, 0.6) is 0 Å². The molecule has 1 aliphatic heterocycles. The quantitative estimate of drug-likeness (QED) is 0.469. The van der Waals surface area contributed by atoms with Crippen molar-refractivity contribution in [1.29, 1.82) is 0 Å². The molecule has 0 radical (unpaired) electrons. The number of rotatable bonds is 7. The molecule has 0 saturated carbocycles. The molecule has 1 heterocycles. The number of amides is 3. The van der Waals surface area contributed by atoms with Gasteiger partial charge in [0.15, 0.2) is 6.10 Å². The molecule has 1 saturated heterocycles. The highest BCUT2D eigenvalue weighted by Crippen LogP contribution is 2.30. The summed E-state index contributed by atoms with van der Waals surface area (Å²) < 4.78 is 70.6. The molecule has 28 heavy (non-hydrogen) atoms. The fraction of sp³-hybridized carbons (Fsp3) is 0.500. The molecule has 0 bridgehead atoms. The van der Waals surface area contributed by atoms with Crippen molar-refractivity contribution in [2.75, 3.05) is 31.1 Å². The summed E-state index contributed by atoms with van der Waals surface area (Å²) in [6.45, 7) is 0.834. The third-order valence-electron chi connectivity index (χ3n) is 4.03. The van der Waals surface area contributed by atoms with E-state index in [1.807, 2.05) is 0 Å². The number of nitrogens with two attached hydrogens (primary N) is 1. The summed E-state index contributed by atoms with van der Waals surface area (Å²) in [6, 6.07) is 1.03. The van der Waals surface area contributed by atoms with E-state index in [9.17, 15) is 31.5 Å². The summed E-state index contributed by atoms with van der Waals surface area (Å²) in [5.41, 5.74) is 4.12. The molecule has 1 aromatic carbocycles. The SMILES string of the molecule is CC(OC1CN(c2cc(F)c(C(=O)NCCNC(N)=O)c(F)c2)C1)C(F)(F)F. The molecule has 0 aliphatic carbocycles. The lowest BCUT2D eigenvalue weighted by Crippen LogP contribution is -2.54.